The number of aryl methyl sites for hydroxylation is 2. The Balaban J connectivity index is 1.46. The first-order valence-electron chi connectivity index (χ1n) is 11.2. The van der Waals surface area contributed by atoms with Crippen molar-refractivity contribution in [1.29, 1.82) is 0 Å². The van der Waals surface area contributed by atoms with Crippen LogP contribution in [0.2, 0.25) is 0 Å². The second-order valence-electron chi connectivity index (χ2n) is 8.70. The van der Waals surface area contributed by atoms with E-state index in [0.29, 0.717) is 41.4 Å². The van der Waals surface area contributed by atoms with E-state index in [1.807, 2.05) is 49.5 Å². The number of amides is 1. The van der Waals surface area contributed by atoms with Crippen molar-refractivity contribution < 1.29 is 13.2 Å². The third-order valence-electron chi connectivity index (χ3n) is 6.52. The second-order valence-corrected chi connectivity index (χ2v) is 12.0. The lowest BCUT2D eigenvalue weighted by molar-refractivity contribution is 0.100. The van der Waals surface area contributed by atoms with Gasteiger partial charge in [0.25, 0.3) is 15.9 Å². The number of piperidine rings is 1. The highest BCUT2D eigenvalue weighted by Crippen LogP contribution is 2.38. The first-order chi connectivity index (χ1) is 16.3. The fourth-order valence-electron chi connectivity index (χ4n) is 4.86. The molecule has 176 valence electrons. The number of benzene rings is 2. The topological polar surface area (TPSA) is 109 Å². The van der Waals surface area contributed by atoms with Crippen molar-refractivity contribution in [2.75, 3.05) is 13.1 Å². The van der Waals surface area contributed by atoms with Crippen molar-refractivity contribution in [2.24, 2.45) is 5.73 Å². The molecule has 9 heteroatoms. The van der Waals surface area contributed by atoms with Crippen molar-refractivity contribution in [3.8, 4) is 11.1 Å². The van der Waals surface area contributed by atoms with Gasteiger partial charge < -0.3 is 10.7 Å². The molecule has 0 radical (unpaired) electrons. The van der Waals surface area contributed by atoms with Crippen LogP contribution < -0.4 is 5.73 Å². The second kappa shape index (κ2) is 8.65. The molecule has 0 saturated carbocycles. The number of hydrogen-bond acceptors (Lipinski definition) is 5. The fraction of sp³-hybridized carbons (Fsp3) is 0.280. The molecule has 4 aromatic rings. The zero-order valence-corrected chi connectivity index (χ0v) is 20.7. The molecule has 0 unspecified atom stereocenters. The van der Waals surface area contributed by atoms with E-state index in [4.69, 9.17) is 5.73 Å². The zero-order chi connectivity index (χ0) is 24.0. The molecular formula is C25H26N4O3S2. The van der Waals surface area contributed by atoms with Crippen LogP contribution in [0.25, 0.3) is 22.0 Å². The van der Waals surface area contributed by atoms with Crippen molar-refractivity contribution in [1.82, 2.24) is 14.3 Å². The molecule has 1 aliphatic heterocycles. The van der Waals surface area contributed by atoms with Crippen LogP contribution in [-0.4, -0.2) is 41.7 Å². The van der Waals surface area contributed by atoms with Crippen LogP contribution in [0.1, 0.15) is 45.4 Å². The van der Waals surface area contributed by atoms with Crippen molar-refractivity contribution in [3.63, 3.8) is 0 Å². The molecule has 1 aliphatic rings. The number of nitrogens with one attached hydrogen (secondary N) is 1. The summed E-state index contributed by atoms with van der Waals surface area (Å²) in [5, 5.41) is 1.72. The third kappa shape index (κ3) is 3.93. The summed E-state index contributed by atoms with van der Waals surface area (Å²) in [5.41, 5.74) is 10.5. The van der Waals surface area contributed by atoms with Crippen LogP contribution in [0.15, 0.2) is 52.9 Å². The van der Waals surface area contributed by atoms with E-state index < -0.39 is 15.9 Å². The predicted molar refractivity (Wildman–Crippen MR) is 135 cm³/mol. The predicted octanol–water partition coefficient (Wildman–Crippen LogP) is 4.58. The van der Waals surface area contributed by atoms with Crippen molar-refractivity contribution >= 4 is 38.2 Å². The quantitative estimate of drug-likeness (QED) is 0.423. The monoisotopic (exact) mass is 494 g/mol. The molecule has 0 aliphatic carbocycles. The fourth-order valence-corrected chi connectivity index (χ4v) is 7.95. The first kappa shape index (κ1) is 22.8. The van der Waals surface area contributed by atoms with E-state index in [1.165, 1.54) is 11.3 Å². The third-order valence-corrected chi connectivity index (χ3v) is 10.1. The summed E-state index contributed by atoms with van der Waals surface area (Å²) >= 11 is 1.23. The molecule has 5 rings (SSSR count). The smallest absolute Gasteiger partial charge is 0.254 e. The lowest BCUT2D eigenvalue weighted by Gasteiger charge is -2.31. The summed E-state index contributed by atoms with van der Waals surface area (Å²) in [6, 6.07) is 13.8. The van der Waals surface area contributed by atoms with Gasteiger partial charge in [0.15, 0.2) is 4.21 Å². The molecule has 0 atom stereocenters. The molecule has 1 fully saturated rings. The Morgan fingerprint density at radius 2 is 1.82 bits per heavy atom. The lowest BCUT2D eigenvalue weighted by Crippen LogP contribution is -2.37. The minimum Gasteiger partial charge on any atom is -0.366 e. The highest BCUT2D eigenvalue weighted by atomic mass is 32.2. The molecule has 0 bridgehead atoms. The molecule has 1 saturated heterocycles. The molecule has 7 nitrogen and oxygen atoms in total. The number of nitrogens with zero attached hydrogens (tertiary/aromatic N) is 2. The van der Waals surface area contributed by atoms with Crippen molar-refractivity contribution in [2.45, 2.75) is 36.8 Å². The number of carbonyl (C=O) groups is 1. The van der Waals surface area contributed by atoms with Crippen molar-refractivity contribution in [3.05, 3.63) is 70.5 Å². The van der Waals surface area contributed by atoms with E-state index in [-0.39, 0.29) is 5.92 Å². The number of rotatable bonds is 5. The van der Waals surface area contributed by atoms with Gasteiger partial charge >= 0.3 is 0 Å². The number of aromatic amines is 1. The van der Waals surface area contributed by atoms with Gasteiger partial charge in [-0.15, -0.1) is 11.3 Å². The minimum absolute atomic E-state index is 0.177. The maximum Gasteiger partial charge on any atom is 0.254 e. The summed E-state index contributed by atoms with van der Waals surface area (Å²) in [6.45, 7) is 4.45. The van der Waals surface area contributed by atoms with E-state index in [2.05, 4.69) is 16.0 Å². The SMILES string of the molecule is Cc1nc(C)c(S(=O)(=O)N2CCC(c3c[nH]c4c(C(N)=O)cc(-c5ccccc5)cc34)CC2)s1. The maximum atomic E-state index is 13.2. The van der Waals surface area contributed by atoms with Gasteiger partial charge in [-0.2, -0.15) is 4.31 Å². The highest BCUT2D eigenvalue weighted by molar-refractivity contribution is 7.91. The largest absolute Gasteiger partial charge is 0.366 e. The van der Waals surface area contributed by atoms with Gasteiger partial charge in [-0.3, -0.25) is 4.79 Å². The van der Waals surface area contributed by atoms with Gasteiger partial charge in [0, 0.05) is 24.7 Å². The number of sulfonamides is 1. The summed E-state index contributed by atoms with van der Waals surface area (Å²) in [6.07, 6.45) is 3.34. The number of H-pyrrole nitrogens is 1. The number of fused-ring (bicyclic) bond motifs is 1. The lowest BCUT2D eigenvalue weighted by atomic mass is 9.88. The van der Waals surface area contributed by atoms with Gasteiger partial charge in [-0.25, -0.2) is 13.4 Å². The molecule has 34 heavy (non-hydrogen) atoms. The zero-order valence-electron chi connectivity index (χ0n) is 19.0. The van der Waals surface area contributed by atoms with Crippen LogP contribution in [0.3, 0.4) is 0 Å². The number of carbonyl (C=O) groups excluding carboxylic acids is 1. The molecule has 2 aromatic heterocycles. The van der Waals surface area contributed by atoms with Gasteiger partial charge in [-0.05, 0) is 61.4 Å². The van der Waals surface area contributed by atoms with Crippen LogP contribution in [0.4, 0.5) is 0 Å². The van der Waals surface area contributed by atoms with E-state index in [9.17, 15) is 13.2 Å². The molecule has 2 aromatic carbocycles. The average Bonchev–Trinajstić information content (AvgIpc) is 3.41. The molecule has 0 spiro atoms. The van der Waals surface area contributed by atoms with E-state index >= 15 is 0 Å². The summed E-state index contributed by atoms with van der Waals surface area (Å²) in [7, 11) is -3.55. The van der Waals surface area contributed by atoms with E-state index in [1.54, 1.807) is 11.2 Å². The van der Waals surface area contributed by atoms with Gasteiger partial charge in [0.1, 0.15) is 0 Å². The van der Waals surface area contributed by atoms with Gasteiger partial charge in [0.2, 0.25) is 0 Å². The number of aromatic nitrogens is 2. The molecular weight excluding hydrogens is 468 g/mol. The summed E-state index contributed by atoms with van der Waals surface area (Å²) in [5.74, 6) is -0.302. The van der Waals surface area contributed by atoms with Crippen LogP contribution >= 0.6 is 11.3 Å². The molecule has 3 N–H and O–H groups in total. The Hall–Kier alpha value is -3.01. The number of hydrogen-bond donors (Lipinski definition) is 2. The Bertz CT molecular complexity index is 1480. The Kier molecular flexibility index (Phi) is 5.79. The van der Waals surface area contributed by atoms with Crippen LogP contribution in [0, 0.1) is 13.8 Å². The minimum atomic E-state index is -3.55. The van der Waals surface area contributed by atoms with E-state index in [0.717, 1.165) is 32.6 Å². The summed E-state index contributed by atoms with van der Waals surface area (Å²) in [4.78, 5) is 19.8. The average molecular weight is 495 g/mol. The van der Waals surface area contributed by atoms with Gasteiger partial charge in [0.05, 0.1) is 21.8 Å². The molecule has 3 heterocycles. The Labute approximate surface area is 202 Å². The van der Waals surface area contributed by atoms with Crippen LogP contribution in [-0.2, 0) is 10.0 Å². The first-order valence-corrected chi connectivity index (χ1v) is 13.5. The molecule has 1 amide bonds. The number of thiazole rings is 1. The maximum absolute atomic E-state index is 13.2. The standard InChI is InChI=1S/C25H26N4O3S2/c1-15-25(33-16(2)28-15)34(31,32)29-10-8-18(9-11-29)22-14-27-23-20(22)12-19(13-21(23)24(26)30)17-6-4-3-5-7-17/h3-7,12-14,18,27H,8-11H2,1-2H3,(H2,26,30). The Morgan fingerprint density at radius 1 is 1.12 bits per heavy atom. The number of primary amides is 1. The summed E-state index contributed by atoms with van der Waals surface area (Å²) < 4.78 is 28.3. The Morgan fingerprint density at radius 3 is 2.44 bits per heavy atom. The van der Waals surface area contributed by atoms with Crippen LogP contribution in [0.5, 0.6) is 0 Å². The number of nitrogens with two attached hydrogens (primary N) is 1. The highest BCUT2D eigenvalue weighted by Gasteiger charge is 2.33. The van der Waals surface area contributed by atoms with Gasteiger partial charge in [-0.1, -0.05) is 30.3 Å². The normalized spacial score (nSPS) is 15.7.